The fraction of sp³-hybridized carbons (Fsp3) is 0.125. The lowest BCUT2D eigenvalue weighted by molar-refractivity contribution is -0.114. The first kappa shape index (κ1) is 22.1. The zero-order valence-electron chi connectivity index (χ0n) is 17.4. The third kappa shape index (κ3) is 5.96. The van der Waals surface area contributed by atoms with Crippen LogP contribution in [0.4, 0.5) is 11.4 Å². The number of nitrogens with zero attached hydrogens (tertiary/aromatic N) is 1. The number of carbonyl (C=O) groups excluding carboxylic acids is 1. The number of amides is 1. The van der Waals surface area contributed by atoms with Crippen molar-refractivity contribution in [2.45, 2.75) is 6.92 Å². The summed E-state index contributed by atoms with van der Waals surface area (Å²) in [4.78, 5) is 12.7. The summed E-state index contributed by atoms with van der Waals surface area (Å²) in [6, 6.07) is 23.0. The van der Waals surface area contributed by atoms with Gasteiger partial charge in [-0.1, -0.05) is 60.2 Å². The zero-order valence-corrected chi connectivity index (χ0v) is 18.2. The molecule has 0 aliphatic rings. The number of carbonyl (C=O) groups is 1. The average Bonchev–Trinajstić information content (AvgIpc) is 2.78. The molecule has 7 heteroatoms. The number of sulfonamides is 1. The molecular formula is C24H24N2O4S. The average molecular weight is 437 g/mol. The van der Waals surface area contributed by atoms with Crippen LogP contribution < -0.4 is 14.4 Å². The number of hydrogen-bond donors (Lipinski definition) is 1. The Morgan fingerprint density at radius 1 is 0.968 bits per heavy atom. The minimum Gasteiger partial charge on any atom is -0.495 e. The van der Waals surface area contributed by atoms with Gasteiger partial charge in [-0.3, -0.25) is 9.10 Å². The molecule has 1 amide bonds. The van der Waals surface area contributed by atoms with Crippen molar-refractivity contribution < 1.29 is 17.9 Å². The van der Waals surface area contributed by atoms with Crippen molar-refractivity contribution in [3.63, 3.8) is 0 Å². The lowest BCUT2D eigenvalue weighted by atomic mass is 10.2. The molecule has 160 valence electrons. The third-order valence-electron chi connectivity index (χ3n) is 4.52. The number of nitrogens with one attached hydrogen (secondary N) is 1. The molecule has 0 radical (unpaired) electrons. The van der Waals surface area contributed by atoms with Crippen molar-refractivity contribution in [2.24, 2.45) is 0 Å². The first-order valence-corrected chi connectivity index (χ1v) is 11.1. The lowest BCUT2D eigenvalue weighted by Crippen LogP contribution is -2.37. The van der Waals surface area contributed by atoms with E-state index in [0.717, 1.165) is 20.8 Å². The van der Waals surface area contributed by atoms with Gasteiger partial charge in [-0.2, -0.15) is 0 Å². The molecule has 0 aliphatic heterocycles. The summed E-state index contributed by atoms with van der Waals surface area (Å²) < 4.78 is 32.8. The van der Waals surface area contributed by atoms with E-state index >= 15 is 0 Å². The van der Waals surface area contributed by atoms with Gasteiger partial charge in [-0.05, 0) is 42.8 Å². The second-order valence-electron chi connectivity index (χ2n) is 6.85. The summed E-state index contributed by atoms with van der Waals surface area (Å²) in [5.41, 5.74) is 2.66. The molecule has 0 spiro atoms. The maximum atomic E-state index is 13.2. The summed E-state index contributed by atoms with van der Waals surface area (Å²) in [5, 5.41) is 3.83. The first-order chi connectivity index (χ1) is 14.9. The fourth-order valence-corrected chi connectivity index (χ4v) is 4.12. The van der Waals surface area contributed by atoms with Gasteiger partial charge < -0.3 is 10.1 Å². The van der Waals surface area contributed by atoms with Crippen LogP contribution in [0.2, 0.25) is 0 Å². The van der Waals surface area contributed by atoms with E-state index in [4.69, 9.17) is 4.74 Å². The van der Waals surface area contributed by atoms with E-state index in [-0.39, 0.29) is 5.69 Å². The largest absolute Gasteiger partial charge is 0.495 e. The summed E-state index contributed by atoms with van der Waals surface area (Å²) in [5.74, 6) is -0.117. The molecule has 3 aromatic rings. The van der Waals surface area contributed by atoms with Gasteiger partial charge >= 0.3 is 0 Å². The van der Waals surface area contributed by atoms with Crippen LogP contribution in [-0.2, 0) is 14.8 Å². The van der Waals surface area contributed by atoms with Gasteiger partial charge in [0.15, 0.2) is 0 Å². The van der Waals surface area contributed by atoms with Crippen LogP contribution in [-0.4, -0.2) is 28.0 Å². The van der Waals surface area contributed by atoms with Crippen LogP contribution in [0.1, 0.15) is 11.1 Å². The Morgan fingerprint density at radius 2 is 1.61 bits per heavy atom. The van der Waals surface area contributed by atoms with Crippen LogP contribution >= 0.6 is 0 Å². The molecule has 0 unspecified atom stereocenters. The van der Waals surface area contributed by atoms with Crippen LogP contribution in [0, 0.1) is 6.92 Å². The number of hydrogen-bond acceptors (Lipinski definition) is 4. The van der Waals surface area contributed by atoms with Crippen LogP contribution in [0.25, 0.3) is 6.08 Å². The molecule has 0 bridgehead atoms. The van der Waals surface area contributed by atoms with E-state index in [9.17, 15) is 13.2 Å². The number of benzene rings is 3. The molecule has 0 atom stereocenters. The van der Waals surface area contributed by atoms with E-state index < -0.39 is 22.5 Å². The molecule has 3 rings (SSSR count). The molecule has 0 saturated heterocycles. The van der Waals surface area contributed by atoms with Crippen molar-refractivity contribution in [3.05, 3.63) is 95.4 Å². The predicted octanol–water partition coefficient (Wildman–Crippen LogP) is 4.45. The summed E-state index contributed by atoms with van der Waals surface area (Å²) >= 11 is 0. The molecule has 0 saturated carbocycles. The monoisotopic (exact) mass is 436 g/mol. The van der Waals surface area contributed by atoms with E-state index in [1.165, 1.54) is 13.2 Å². The third-order valence-corrected chi connectivity index (χ3v) is 5.94. The SMILES string of the molecule is COc1ccccc1N(CC(=O)Nc1ccc(C)cc1)S(=O)(=O)/C=C/c1ccccc1. The molecule has 3 aromatic carbocycles. The Hall–Kier alpha value is -3.58. The maximum absolute atomic E-state index is 13.2. The van der Waals surface area contributed by atoms with Gasteiger partial charge in [0.05, 0.1) is 18.2 Å². The Bertz CT molecular complexity index is 1160. The van der Waals surface area contributed by atoms with Crippen LogP contribution in [0.5, 0.6) is 5.75 Å². The predicted molar refractivity (Wildman–Crippen MR) is 125 cm³/mol. The smallest absolute Gasteiger partial charge is 0.258 e. The topological polar surface area (TPSA) is 75.7 Å². The van der Waals surface area contributed by atoms with Crippen molar-refractivity contribution in [3.8, 4) is 5.75 Å². The molecule has 0 aliphatic carbocycles. The van der Waals surface area contributed by atoms with Gasteiger partial charge in [0.2, 0.25) is 5.91 Å². The highest BCUT2D eigenvalue weighted by Crippen LogP contribution is 2.30. The van der Waals surface area contributed by atoms with Crippen molar-refractivity contribution in [1.29, 1.82) is 0 Å². The molecule has 1 N–H and O–H groups in total. The molecule has 0 fully saturated rings. The molecule has 6 nitrogen and oxygen atoms in total. The zero-order chi connectivity index (χ0) is 22.3. The van der Waals surface area contributed by atoms with Gasteiger partial charge in [0.25, 0.3) is 10.0 Å². The fourth-order valence-electron chi connectivity index (χ4n) is 2.92. The number of anilines is 2. The Balaban J connectivity index is 1.91. The summed E-state index contributed by atoms with van der Waals surface area (Å²) in [6.45, 7) is 1.54. The Labute approximate surface area is 182 Å². The number of ether oxygens (including phenoxy) is 1. The summed E-state index contributed by atoms with van der Waals surface area (Å²) in [6.07, 6.45) is 1.50. The van der Waals surface area contributed by atoms with Gasteiger partial charge in [0, 0.05) is 5.69 Å². The maximum Gasteiger partial charge on any atom is 0.258 e. The van der Waals surface area contributed by atoms with E-state index in [1.807, 2.05) is 37.3 Å². The van der Waals surface area contributed by atoms with Gasteiger partial charge in [0.1, 0.15) is 12.3 Å². The summed E-state index contributed by atoms with van der Waals surface area (Å²) in [7, 11) is -2.53. The molecule has 0 heterocycles. The first-order valence-electron chi connectivity index (χ1n) is 9.64. The van der Waals surface area contributed by atoms with Crippen molar-refractivity contribution in [2.75, 3.05) is 23.3 Å². The number of rotatable bonds is 8. The number of aryl methyl sites for hydroxylation is 1. The number of para-hydroxylation sites is 2. The normalized spacial score (nSPS) is 11.3. The Morgan fingerprint density at radius 3 is 2.29 bits per heavy atom. The van der Waals surface area contributed by atoms with E-state index in [2.05, 4.69) is 5.32 Å². The minimum absolute atomic E-state index is 0.279. The quantitative estimate of drug-likeness (QED) is 0.566. The van der Waals surface area contributed by atoms with E-state index in [1.54, 1.807) is 48.5 Å². The standard InChI is InChI=1S/C24H24N2O4S/c1-19-12-14-21(15-13-19)25-24(27)18-26(22-10-6-7-11-23(22)30-2)31(28,29)17-16-20-8-4-3-5-9-20/h3-17H,18H2,1-2H3,(H,25,27)/b17-16+. The van der Waals surface area contributed by atoms with E-state index in [0.29, 0.717) is 11.4 Å². The lowest BCUT2D eigenvalue weighted by Gasteiger charge is -2.24. The second-order valence-corrected chi connectivity index (χ2v) is 8.59. The highest BCUT2D eigenvalue weighted by Gasteiger charge is 2.25. The van der Waals surface area contributed by atoms with Gasteiger partial charge in [-0.15, -0.1) is 0 Å². The highest BCUT2D eigenvalue weighted by atomic mass is 32.2. The Kier molecular flexibility index (Phi) is 7.10. The van der Waals surface area contributed by atoms with Gasteiger partial charge in [-0.25, -0.2) is 8.42 Å². The number of methoxy groups -OCH3 is 1. The molecule has 31 heavy (non-hydrogen) atoms. The molecular weight excluding hydrogens is 412 g/mol. The van der Waals surface area contributed by atoms with Crippen molar-refractivity contribution in [1.82, 2.24) is 0 Å². The molecule has 0 aromatic heterocycles. The van der Waals surface area contributed by atoms with Crippen LogP contribution in [0.15, 0.2) is 84.3 Å². The second kappa shape index (κ2) is 9.95. The van der Waals surface area contributed by atoms with Crippen LogP contribution in [0.3, 0.4) is 0 Å². The minimum atomic E-state index is -3.99. The van der Waals surface area contributed by atoms with Crippen molar-refractivity contribution >= 4 is 33.4 Å². The highest BCUT2D eigenvalue weighted by molar-refractivity contribution is 7.95.